The van der Waals surface area contributed by atoms with Crippen LogP contribution in [0, 0.1) is 0 Å². The lowest BCUT2D eigenvalue weighted by molar-refractivity contribution is -0.113. The van der Waals surface area contributed by atoms with Gasteiger partial charge in [0.1, 0.15) is 0 Å². The standard InChI is InChI=1S/C12H17N3OS/c1-14-9(4-5-13)8-2-3-11-10(6-8)15-12(16)7-17-11/h2-3,6,9,14H,4-5,7,13H2,1H3,(H,15,16). The highest BCUT2D eigenvalue weighted by Crippen LogP contribution is 2.33. The van der Waals surface area contributed by atoms with E-state index in [1.165, 1.54) is 5.56 Å². The zero-order chi connectivity index (χ0) is 12.3. The van der Waals surface area contributed by atoms with Crippen molar-refractivity contribution in [2.24, 2.45) is 5.73 Å². The number of nitrogens with one attached hydrogen (secondary N) is 2. The number of thioether (sulfide) groups is 1. The Kier molecular flexibility index (Phi) is 4.04. The number of carbonyl (C=O) groups is 1. The highest BCUT2D eigenvalue weighted by Gasteiger charge is 2.17. The summed E-state index contributed by atoms with van der Waals surface area (Å²) >= 11 is 1.58. The van der Waals surface area contributed by atoms with Crippen LogP contribution in [0.15, 0.2) is 23.1 Å². The molecule has 0 spiro atoms. The Morgan fingerprint density at radius 1 is 1.59 bits per heavy atom. The number of fused-ring (bicyclic) bond motifs is 1. The number of hydrogen-bond donors (Lipinski definition) is 3. The molecule has 0 saturated heterocycles. The average molecular weight is 251 g/mol. The van der Waals surface area contributed by atoms with Gasteiger partial charge in [0.25, 0.3) is 0 Å². The van der Waals surface area contributed by atoms with Crippen LogP contribution in [-0.2, 0) is 4.79 Å². The summed E-state index contributed by atoms with van der Waals surface area (Å²) in [4.78, 5) is 12.5. The summed E-state index contributed by atoms with van der Waals surface area (Å²) < 4.78 is 0. The zero-order valence-electron chi connectivity index (χ0n) is 9.82. The van der Waals surface area contributed by atoms with Crippen LogP contribution < -0.4 is 16.4 Å². The summed E-state index contributed by atoms with van der Waals surface area (Å²) in [7, 11) is 1.92. The maximum absolute atomic E-state index is 11.3. The van der Waals surface area contributed by atoms with Crippen LogP contribution in [0.5, 0.6) is 0 Å². The molecule has 0 radical (unpaired) electrons. The number of carbonyl (C=O) groups excluding carboxylic acids is 1. The molecule has 0 saturated carbocycles. The normalized spacial score (nSPS) is 16.2. The highest BCUT2D eigenvalue weighted by atomic mass is 32.2. The van der Waals surface area contributed by atoms with E-state index >= 15 is 0 Å². The van der Waals surface area contributed by atoms with E-state index in [2.05, 4.69) is 22.8 Å². The third kappa shape index (κ3) is 2.80. The van der Waals surface area contributed by atoms with Gasteiger partial charge in [-0.2, -0.15) is 0 Å². The van der Waals surface area contributed by atoms with E-state index < -0.39 is 0 Å². The maximum Gasteiger partial charge on any atom is 0.234 e. The highest BCUT2D eigenvalue weighted by molar-refractivity contribution is 8.00. The lowest BCUT2D eigenvalue weighted by atomic mass is 10.0. The number of benzene rings is 1. The molecule has 92 valence electrons. The minimum Gasteiger partial charge on any atom is -0.330 e. The van der Waals surface area contributed by atoms with Crippen LogP contribution in [0.3, 0.4) is 0 Å². The molecule has 1 aromatic rings. The summed E-state index contributed by atoms with van der Waals surface area (Å²) in [6.45, 7) is 0.643. The molecule has 0 aliphatic carbocycles. The first-order valence-electron chi connectivity index (χ1n) is 5.68. The summed E-state index contributed by atoms with van der Waals surface area (Å²) in [5.74, 6) is 0.574. The topological polar surface area (TPSA) is 67.2 Å². The summed E-state index contributed by atoms with van der Waals surface area (Å²) in [5.41, 5.74) is 7.67. The number of amides is 1. The summed E-state index contributed by atoms with van der Waals surface area (Å²) in [6.07, 6.45) is 0.885. The van der Waals surface area contributed by atoms with Crippen molar-refractivity contribution in [3.05, 3.63) is 23.8 Å². The second kappa shape index (κ2) is 5.53. The van der Waals surface area contributed by atoms with Gasteiger partial charge in [-0.3, -0.25) is 4.79 Å². The van der Waals surface area contributed by atoms with Crippen molar-refractivity contribution < 1.29 is 4.79 Å². The smallest absolute Gasteiger partial charge is 0.234 e. The van der Waals surface area contributed by atoms with Crippen molar-refractivity contribution in [2.45, 2.75) is 17.4 Å². The second-order valence-electron chi connectivity index (χ2n) is 4.01. The molecule has 1 amide bonds. The Morgan fingerprint density at radius 2 is 2.41 bits per heavy atom. The molecule has 1 aromatic carbocycles. The van der Waals surface area contributed by atoms with Gasteiger partial charge in [-0.15, -0.1) is 11.8 Å². The zero-order valence-corrected chi connectivity index (χ0v) is 10.6. The van der Waals surface area contributed by atoms with Gasteiger partial charge in [0, 0.05) is 10.9 Å². The molecule has 1 atom stereocenters. The SMILES string of the molecule is CNC(CCN)c1ccc2c(c1)NC(=O)CS2. The Labute approximate surface area is 105 Å². The third-order valence-corrected chi connectivity index (χ3v) is 3.92. The fraction of sp³-hybridized carbons (Fsp3) is 0.417. The van der Waals surface area contributed by atoms with Gasteiger partial charge in [0.05, 0.1) is 11.4 Å². The first kappa shape index (κ1) is 12.4. The van der Waals surface area contributed by atoms with E-state index in [9.17, 15) is 4.79 Å². The van der Waals surface area contributed by atoms with E-state index in [0.29, 0.717) is 12.3 Å². The molecule has 17 heavy (non-hydrogen) atoms. The van der Waals surface area contributed by atoms with Crippen LogP contribution in [0.1, 0.15) is 18.0 Å². The van der Waals surface area contributed by atoms with E-state index in [-0.39, 0.29) is 11.9 Å². The molecule has 0 bridgehead atoms. The maximum atomic E-state index is 11.3. The van der Waals surface area contributed by atoms with E-state index in [0.717, 1.165) is 17.0 Å². The first-order valence-corrected chi connectivity index (χ1v) is 6.67. The van der Waals surface area contributed by atoms with Crippen LogP contribution in [0.25, 0.3) is 0 Å². The predicted molar refractivity (Wildman–Crippen MR) is 71.3 cm³/mol. The molecule has 1 aliphatic rings. The van der Waals surface area contributed by atoms with E-state index in [1.807, 2.05) is 13.1 Å². The molecule has 4 N–H and O–H groups in total. The van der Waals surface area contributed by atoms with Gasteiger partial charge in [-0.1, -0.05) is 6.07 Å². The number of rotatable bonds is 4. The largest absolute Gasteiger partial charge is 0.330 e. The monoisotopic (exact) mass is 251 g/mol. The Balaban J connectivity index is 2.25. The van der Waals surface area contributed by atoms with E-state index in [1.54, 1.807) is 11.8 Å². The molecule has 1 unspecified atom stereocenters. The van der Waals surface area contributed by atoms with Crippen LogP contribution in [0.4, 0.5) is 5.69 Å². The van der Waals surface area contributed by atoms with E-state index in [4.69, 9.17) is 5.73 Å². The Bertz CT molecular complexity index is 422. The van der Waals surface area contributed by atoms with Gasteiger partial charge in [-0.25, -0.2) is 0 Å². The molecule has 4 nitrogen and oxygen atoms in total. The molecule has 1 aliphatic heterocycles. The Hall–Kier alpha value is -1.04. The third-order valence-electron chi connectivity index (χ3n) is 2.84. The second-order valence-corrected chi connectivity index (χ2v) is 5.03. The average Bonchev–Trinajstić information content (AvgIpc) is 2.35. The number of nitrogens with two attached hydrogens (primary N) is 1. The minimum absolute atomic E-state index is 0.0690. The Morgan fingerprint density at radius 3 is 3.12 bits per heavy atom. The van der Waals surface area contributed by atoms with Crippen molar-refractivity contribution in [3.8, 4) is 0 Å². The lowest BCUT2D eigenvalue weighted by Crippen LogP contribution is -2.22. The number of hydrogen-bond acceptors (Lipinski definition) is 4. The summed E-state index contributed by atoms with van der Waals surface area (Å²) in [5, 5.41) is 6.14. The van der Waals surface area contributed by atoms with Gasteiger partial charge in [0.2, 0.25) is 5.91 Å². The molecule has 0 aromatic heterocycles. The molecular formula is C12H17N3OS. The predicted octanol–water partition coefficient (Wildman–Crippen LogP) is 1.34. The van der Waals surface area contributed by atoms with Gasteiger partial charge in [-0.05, 0) is 37.7 Å². The number of anilines is 1. The quantitative estimate of drug-likeness (QED) is 0.755. The minimum atomic E-state index is 0.0690. The van der Waals surface area contributed by atoms with Crippen molar-refractivity contribution >= 4 is 23.4 Å². The fourth-order valence-corrected chi connectivity index (χ4v) is 2.75. The van der Waals surface area contributed by atoms with Crippen molar-refractivity contribution in [2.75, 3.05) is 24.7 Å². The lowest BCUT2D eigenvalue weighted by Gasteiger charge is -2.21. The van der Waals surface area contributed by atoms with Crippen molar-refractivity contribution in [1.82, 2.24) is 5.32 Å². The molecule has 1 heterocycles. The summed E-state index contributed by atoms with van der Waals surface area (Å²) in [6, 6.07) is 6.44. The van der Waals surface area contributed by atoms with Gasteiger partial charge in [0.15, 0.2) is 0 Å². The van der Waals surface area contributed by atoms with Crippen molar-refractivity contribution in [3.63, 3.8) is 0 Å². The first-order chi connectivity index (χ1) is 8.24. The van der Waals surface area contributed by atoms with Crippen LogP contribution in [0.2, 0.25) is 0 Å². The van der Waals surface area contributed by atoms with Crippen LogP contribution >= 0.6 is 11.8 Å². The molecular weight excluding hydrogens is 234 g/mol. The molecule has 2 rings (SSSR count). The van der Waals surface area contributed by atoms with Crippen LogP contribution in [-0.4, -0.2) is 25.3 Å². The van der Waals surface area contributed by atoms with Gasteiger partial charge >= 0.3 is 0 Å². The molecule has 5 heteroatoms. The molecule has 0 fully saturated rings. The fourth-order valence-electron chi connectivity index (χ4n) is 1.96. The van der Waals surface area contributed by atoms with Crippen molar-refractivity contribution in [1.29, 1.82) is 0 Å². The van der Waals surface area contributed by atoms with Gasteiger partial charge < -0.3 is 16.4 Å².